The number of hydrogen-bond donors (Lipinski definition) is 0. The van der Waals surface area contributed by atoms with Gasteiger partial charge in [0.05, 0.1) is 0 Å². The average molecular weight is 681 g/mol. The van der Waals surface area contributed by atoms with Crippen molar-refractivity contribution in [1.82, 2.24) is 0 Å². The molecule has 0 aromatic heterocycles. The van der Waals surface area contributed by atoms with Gasteiger partial charge in [0.2, 0.25) is 0 Å². The Morgan fingerprint density at radius 2 is 0.962 bits per heavy atom. The molecule has 0 aliphatic heterocycles. The maximum atomic E-state index is 2.37. The van der Waals surface area contributed by atoms with Crippen LogP contribution in [0.15, 0.2) is 200 Å². The topological polar surface area (TPSA) is 6.48 Å². The summed E-state index contributed by atoms with van der Waals surface area (Å²) in [6, 6.07) is 66.0. The van der Waals surface area contributed by atoms with Gasteiger partial charge in [-0.1, -0.05) is 146 Å². The van der Waals surface area contributed by atoms with E-state index < -0.39 is 0 Å². The van der Waals surface area contributed by atoms with E-state index >= 15 is 0 Å². The monoisotopic (exact) mass is 680 g/mol. The van der Waals surface area contributed by atoms with Crippen molar-refractivity contribution in [1.29, 1.82) is 0 Å². The molecule has 0 saturated heterocycles. The molecule has 2 nitrogen and oxygen atoms in total. The molecule has 0 N–H and O–H groups in total. The Morgan fingerprint density at radius 3 is 1.66 bits per heavy atom. The zero-order valence-electron chi connectivity index (χ0n) is 29.9. The second-order valence-corrected chi connectivity index (χ2v) is 13.8. The molecule has 0 fully saturated rings. The maximum Gasteiger partial charge on any atom is 0.0494 e. The zero-order valence-corrected chi connectivity index (χ0v) is 29.9. The van der Waals surface area contributed by atoms with Crippen molar-refractivity contribution in [3.05, 3.63) is 206 Å². The lowest BCUT2D eigenvalue weighted by atomic mass is 9.98. The van der Waals surface area contributed by atoms with Crippen LogP contribution in [0.3, 0.4) is 0 Å². The van der Waals surface area contributed by atoms with E-state index in [2.05, 4.69) is 217 Å². The summed E-state index contributed by atoms with van der Waals surface area (Å²) in [4.78, 5) is 4.68. The molecule has 0 atom stereocenters. The van der Waals surface area contributed by atoms with Crippen LogP contribution >= 0.6 is 0 Å². The molecule has 0 radical (unpaired) electrons. The molecule has 1 aliphatic rings. The summed E-state index contributed by atoms with van der Waals surface area (Å²) in [6.07, 6.45) is 9.07. The fourth-order valence-corrected chi connectivity index (χ4v) is 7.69. The molecule has 0 spiro atoms. The van der Waals surface area contributed by atoms with Gasteiger partial charge in [0.25, 0.3) is 0 Å². The molecular weight excluding hydrogens is 641 g/mol. The number of hydrogen-bond acceptors (Lipinski definition) is 2. The van der Waals surface area contributed by atoms with Gasteiger partial charge in [-0.15, -0.1) is 0 Å². The van der Waals surface area contributed by atoms with E-state index in [-0.39, 0.29) is 0 Å². The molecule has 254 valence electrons. The lowest BCUT2D eigenvalue weighted by Crippen LogP contribution is -2.10. The van der Waals surface area contributed by atoms with Crippen molar-refractivity contribution in [3.63, 3.8) is 0 Å². The highest BCUT2D eigenvalue weighted by atomic mass is 15.1. The molecule has 53 heavy (non-hydrogen) atoms. The van der Waals surface area contributed by atoms with E-state index in [4.69, 9.17) is 0 Å². The van der Waals surface area contributed by atoms with Crippen LogP contribution in [0.2, 0.25) is 0 Å². The number of fused-ring (bicyclic) bond motifs is 3. The molecule has 0 amide bonds. The Morgan fingerprint density at radius 1 is 0.396 bits per heavy atom. The molecule has 2 heteroatoms. The summed E-state index contributed by atoms with van der Waals surface area (Å²) < 4.78 is 0. The highest BCUT2D eigenvalue weighted by Crippen LogP contribution is 2.40. The number of anilines is 5. The fourth-order valence-electron chi connectivity index (χ4n) is 7.69. The van der Waals surface area contributed by atoms with Crippen LogP contribution in [0.5, 0.6) is 0 Å². The SMILES string of the molecule is CN(c1ccc(-c2ccc(N(c3cccc(C4=CCCC=C4)c3)c3cccc(-c4ccccc4)c3)cc2)cc1)c1cc2ccccc2c2ccccc12. The third-order valence-electron chi connectivity index (χ3n) is 10.5. The molecular formula is C51H40N2. The molecule has 1 aliphatic carbocycles. The second kappa shape index (κ2) is 14.2. The quantitative estimate of drug-likeness (QED) is 0.147. The highest BCUT2D eigenvalue weighted by Gasteiger charge is 2.16. The van der Waals surface area contributed by atoms with E-state index in [1.54, 1.807) is 0 Å². The third kappa shape index (κ3) is 6.41. The summed E-state index contributed by atoms with van der Waals surface area (Å²) in [7, 11) is 2.16. The molecule has 0 heterocycles. The van der Waals surface area contributed by atoms with Gasteiger partial charge in [0, 0.05) is 40.9 Å². The number of allylic oxidation sites excluding steroid dienone is 4. The van der Waals surface area contributed by atoms with Gasteiger partial charge in [-0.25, -0.2) is 0 Å². The van der Waals surface area contributed by atoms with Crippen molar-refractivity contribution in [2.24, 2.45) is 0 Å². The molecule has 0 bridgehead atoms. The lowest BCUT2D eigenvalue weighted by Gasteiger charge is -2.27. The number of nitrogens with zero attached hydrogens (tertiary/aromatic N) is 2. The Kier molecular flexibility index (Phi) is 8.63. The first-order chi connectivity index (χ1) is 26.2. The summed E-state index contributed by atoms with van der Waals surface area (Å²) in [5.41, 5.74) is 13.0. The van der Waals surface area contributed by atoms with Crippen LogP contribution in [0.25, 0.3) is 49.4 Å². The van der Waals surface area contributed by atoms with Gasteiger partial charge in [0.15, 0.2) is 0 Å². The Bertz CT molecular complexity index is 2610. The van der Waals surface area contributed by atoms with Gasteiger partial charge >= 0.3 is 0 Å². The second-order valence-electron chi connectivity index (χ2n) is 13.8. The standard InChI is InChI=1S/C51H40N2/c1-52(51-36-43-18-8-9-23-48(43)49-24-10-11-25-50(49)51)44-30-26-39(27-31-44)40-28-32-45(33-29-40)53(46-21-12-19-41(34-46)37-14-4-2-5-15-37)47-22-13-20-42(35-47)38-16-6-3-7-17-38/h2,4-6,8-36H,3,7H2,1H3. The van der Waals surface area contributed by atoms with Crippen LogP contribution in [0.4, 0.5) is 28.4 Å². The minimum absolute atomic E-state index is 1.08. The van der Waals surface area contributed by atoms with E-state index in [0.29, 0.717) is 0 Å². The van der Waals surface area contributed by atoms with Crippen molar-refractivity contribution in [3.8, 4) is 22.3 Å². The number of rotatable bonds is 8. The summed E-state index contributed by atoms with van der Waals surface area (Å²) in [6.45, 7) is 0. The molecule has 8 aromatic rings. The van der Waals surface area contributed by atoms with Crippen LogP contribution in [0.1, 0.15) is 18.4 Å². The summed E-state index contributed by atoms with van der Waals surface area (Å²) in [5, 5.41) is 5.07. The molecule has 0 unspecified atom stereocenters. The molecule has 9 rings (SSSR count). The lowest BCUT2D eigenvalue weighted by molar-refractivity contribution is 1.04. The van der Waals surface area contributed by atoms with Crippen molar-refractivity contribution in [2.45, 2.75) is 12.8 Å². The van der Waals surface area contributed by atoms with Crippen molar-refractivity contribution in [2.75, 3.05) is 16.8 Å². The molecule has 8 aromatic carbocycles. The van der Waals surface area contributed by atoms with Crippen molar-refractivity contribution >= 4 is 55.6 Å². The highest BCUT2D eigenvalue weighted by molar-refractivity contribution is 6.13. The Balaban J connectivity index is 1.05. The first-order valence-electron chi connectivity index (χ1n) is 18.5. The van der Waals surface area contributed by atoms with E-state index in [0.717, 1.165) is 35.6 Å². The Hall–Kier alpha value is -6.64. The summed E-state index contributed by atoms with van der Waals surface area (Å²) in [5.74, 6) is 0. The largest absolute Gasteiger partial charge is 0.344 e. The van der Waals surface area contributed by atoms with Gasteiger partial charge in [-0.05, 0) is 117 Å². The maximum absolute atomic E-state index is 2.37. The summed E-state index contributed by atoms with van der Waals surface area (Å²) >= 11 is 0. The van der Waals surface area contributed by atoms with E-state index in [1.165, 1.54) is 60.6 Å². The first kappa shape index (κ1) is 32.3. The zero-order chi connectivity index (χ0) is 35.6. The smallest absolute Gasteiger partial charge is 0.0494 e. The third-order valence-corrected chi connectivity index (χ3v) is 10.5. The van der Waals surface area contributed by atoms with Gasteiger partial charge in [-0.2, -0.15) is 0 Å². The van der Waals surface area contributed by atoms with E-state index in [9.17, 15) is 0 Å². The van der Waals surface area contributed by atoms with Crippen LogP contribution < -0.4 is 9.80 Å². The Labute approximate surface area is 312 Å². The minimum Gasteiger partial charge on any atom is -0.344 e. The van der Waals surface area contributed by atoms with Crippen LogP contribution in [-0.4, -0.2) is 7.05 Å². The average Bonchev–Trinajstić information content (AvgIpc) is 3.24. The van der Waals surface area contributed by atoms with Gasteiger partial charge in [0.1, 0.15) is 0 Å². The van der Waals surface area contributed by atoms with Crippen LogP contribution in [0, 0.1) is 0 Å². The predicted molar refractivity (Wildman–Crippen MR) is 228 cm³/mol. The predicted octanol–water partition coefficient (Wildman–Crippen LogP) is 14.3. The number of benzene rings is 8. The fraction of sp³-hybridized carbons (Fsp3) is 0.0588. The normalized spacial score (nSPS) is 12.5. The van der Waals surface area contributed by atoms with Gasteiger partial charge in [-0.3, -0.25) is 0 Å². The first-order valence-corrected chi connectivity index (χ1v) is 18.5. The van der Waals surface area contributed by atoms with Crippen molar-refractivity contribution < 1.29 is 0 Å². The van der Waals surface area contributed by atoms with Gasteiger partial charge < -0.3 is 9.80 Å². The van der Waals surface area contributed by atoms with E-state index in [1.807, 2.05) is 0 Å². The molecule has 0 saturated carbocycles. The minimum atomic E-state index is 1.08. The van der Waals surface area contributed by atoms with Crippen LogP contribution in [-0.2, 0) is 0 Å².